The first-order valence-corrected chi connectivity index (χ1v) is 17.9. The van der Waals surface area contributed by atoms with Crippen LogP contribution in [0.2, 0.25) is 0 Å². The van der Waals surface area contributed by atoms with Crippen LogP contribution < -0.4 is 21.7 Å². The Morgan fingerprint density at radius 1 is 1.09 bits per heavy atom. The van der Waals surface area contributed by atoms with E-state index in [1.165, 1.54) is 0 Å². The lowest BCUT2D eigenvalue weighted by Crippen LogP contribution is -2.63. The second kappa shape index (κ2) is 13.2. The molecule has 0 aromatic carbocycles. The summed E-state index contributed by atoms with van der Waals surface area (Å²) < 4.78 is 5.49. The van der Waals surface area contributed by atoms with Gasteiger partial charge in [-0.05, 0) is 60.0 Å². The highest BCUT2D eigenvalue weighted by atomic mass is 32.2. The van der Waals surface area contributed by atoms with Crippen LogP contribution in [0.1, 0.15) is 91.7 Å². The summed E-state index contributed by atoms with van der Waals surface area (Å²) in [6.07, 6.45) is 8.79. The van der Waals surface area contributed by atoms with E-state index in [0.29, 0.717) is 18.7 Å². The summed E-state index contributed by atoms with van der Waals surface area (Å²) in [5.74, 6) is -0.0281. The normalized spacial score (nSPS) is 25.9. The zero-order chi connectivity index (χ0) is 33.4. The number of hydrogen-bond donors (Lipinski definition) is 4. The minimum atomic E-state index is -1.08. The molecule has 5 N–H and O–H groups in total. The van der Waals surface area contributed by atoms with Crippen molar-refractivity contribution < 1.29 is 28.4 Å². The molecule has 4 fully saturated rings. The number of rotatable bonds is 13. The fraction of sp³-hybridized carbons (Fsp3) is 0.735. The highest BCUT2D eigenvalue weighted by molar-refractivity contribution is 7.98. The minimum absolute atomic E-state index is 0.0900. The molecule has 2 heterocycles. The lowest BCUT2D eigenvalue weighted by atomic mass is 9.83. The van der Waals surface area contributed by atoms with Crippen LogP contribution in [0.3, 0.4) is 0 Å². The monoisotopic (exact) mass is 657 g/mol. The van der Waals surface area contributed by atoms with Gasteiger partial charge < -0.3 is 31.0 Å². The van der Waals surface area contributed by atoms with Gasteiger partial charge in [-0.2, -0.15) is 11.8 Å². The third-order valence-corrected chi connectivity index (χ3v) is 11.9. The molecular weight excluding hydrogens is 606 g/mol. The Labute approximate surface area is 276 Å². The zero-order valence-electron chi connectivity index (χ0n) is 27.9. The molecule has 12 heteroatoms. The molecule has 2 unspecified atom stereocenters. The number of thioether (sulfide) groups is 1. The number of nitrogens with one attached hydrogen (secondary N) is 3. The highest BCUT2D eigenvalue weighted by Gasteiger charge is 2.70. The number of nitrogens with zero attached hydrogens (tertiary/aromatic N) is 1. The molecule has 254 valence electrons. The van der Waals surface area contributed by atoms with Gasteiger partial charge in [0.2, 0.25) is 17.6 Å². The van der Waals surface area contributed by atoms with Gasteiger partial charge in [0.25, 0.3) is 5.91 Å². The molecule has 0 bridgehead atoms. The summed E-state index contributed by atoms with van der Waals surface area (Å²) in [5, 5.41) is 9.08. The molecule has 1 aromatic heterocycles. The number of urea groups is 1. The molecule has 0 radical (unpaired) electrons. The number of furan rings is 1. The Hall–Kier alpha value is -3.02. The first kappa shape index (κ1) is 34.3. The second-order valence-electron chi connectivity index (χ2n) is 15.7. The van der Waals surface area contributed by atoms with E-state index < -0.39 is 52.7 Å². The first-order chi connectivity index (χ1) is 21.6. The number of primary amides is 1. The van der Waals surface area contributed by atoms with E-state index in [-0.39, 0.29) is 29.1 Å². The second-order valence-corrected chi connectivity index (χ2v) is 16.7. The molecule has 3 saturated carbocycles. The van der Waals surface area contributed by atoms with E-state index in [2.05, 4.69) is 29.8 Å². The predicted octanol–water partition coefficient (Wildman–Crippen LogP) is 3.75. The van der Waals surface area contributed by atoms with E-state index in [4.69, 9.17) is 10.2 Å². The molecule has 46 heavy (non-hydrogen) atoms. The minimum Gasteiger partial charge on any atom is -0.468 e. The highest BCUT2D eigenvalue weighted by Crippen LogP contribution is 2.65. The first-order valence-electron chi connectivity index (χ1n) is 16.8. The Morgan fingerprint density at radius 3 is 2.37 bits per heavy atom. The van der Waals surface area contributed by atoms with Crippen LogP contribution in [-0.2, 0) is 24.9 Å². The number of Topliss-reactive ketones (excluding diaryl/α,β-unsaturated/α-hetero) is 1. The van der Waals surface area contributed by atoms with Crippen LogP contribution >= 0.6 is 11.8 Å². The van der Waals surface area contributed by atoms with Gasteiger partial charge in [0.1, 0.15) is 17.8 Å². The van der Waals surface area contributed by atoms with E-state index in [0.717, 1.165) is 56.5 Å². The van der Waals surface area contributed by atoms with E-state index >= 15 is 0 Å². The standard InChI is InChI=1S/C34H51N5O6S/c1-32(2,3)27(37-31(44)38-34(13-7-6-8-14-34)19-46-18-21-10-9-15-45-21)30(43)39-17-22-24(33(22,4)5)25(39)29(42)36-23(16-20-11-12-20)26(40)28(35)41/h9-10,15,20,22-25,27H,6-8,11-14,16-19H2,1-5H3,(H2,35,41)(H,36,42)(H2,37,38,44)/t22?,23?,24-,25-,27+/m0/s1. The SMILES string of the molecule is CC(C)(C)[C@H](NC(=O)NC1(CSCc2ccco2)CCCCC1)C(=O)N1CC2[C@@H]([C@H]1C(=O)NC(CC1CC1)C(=O)C(N)=O)C2(C)C. The molecule has 1 saturated heterocycles. The molecule has 1 aliphatic heterocycles. The molecule has 3 aliphatic carbocycles. The van der Waals surface area contributed by atoms with Crippen molar-refractivity contribution in [1.82, 2.24) is 20.9 Å². The molecule has 1 aromatic rings. The summed E-state index contributed by atoms with van der Waals surface area (Å²) in [6.45, 7) is 10.3. The number of amides is 5. The predicted molar refractivity (Wildman–Crippen MR) is 175 cm³/mol. The van der Waals surface area contributed by atoms with Crippen LogP contribution in [0.25, 0.3) is 0 Å². The average Bonchev–Trinajstić information content (AvgIpc) is 3.69. The third kappa shape index (κ3) is 7.58. The molecule has 5 atom stereocenters. The number of likely N-dealkylation sites (tertiary alicyclic amines) is 1. The van der Waals surface area contributed by atoms with Gasteiger partial charge in [0, 0.05) is 12.3 Å². The van der Waals surface area contributed by atoms with Gasteiger partial charge in [0.05, 0.1) is 23.6 Å². The van der Waals surface area contributed by atoms with Gasteiger partial charge in [0.15, 0.2) is 0 Å². The van der Waals surface area contributed by atoms with Crippen molar-refractivity contribution in [3.63, 3.8) is 0 Å². The lowest BCUT2D eigenvalue weighted by molar-refractivity contribution is -0.145. The molecule has 4 aliphatic rings. The molecule has 5 amide bonds. The van der Waals surface area contributed by atoms with E-state index in [9.17, 15) is 24.0 Å². The quantitative estimate of drug-likeness (QED) is 0.235. The number of hydrogen-bond acceptors (Lipinski definition) is 7. The lowest BCUT2D eigenvalue weighted by Gasteiger charge is -2.40. The maximum atomic E-state index is 14.4. The third-order valence-electron chi connectivity index (χ3n) is 10.7. The van der Waals surface area contributed by atoms with Gasteiger partial charge in [-0.1, -0.05) is 66.7 Å². The molecule has 11 nitrogen and oxygen atoms in total. The Kier molecular flexibility index (Phi) is 9.88. The Morgan fingerprint density at radius 2 is 1.78 bits per heavy atom. The van der Waals surface area contributed by atoms with Crippen molar-refractivity contribution in [1.29, 1.82) is 0 Å². The fourth-order valence-corrected chi connectivity index (χ4v) is 8.88. The summed E-state index contributed by atoms with van der Waals surface area (Å²) in [6, 6.07) is 0.709. The summed E-state index contributed by atoms with van der Waals surface area (Å²) in [4.78, 5) is 67.9. The summed E-state index contributed by atoms with van der Waals surface area (Å²) in [5.41, 5.74) is 4.12. The van der Waals surface area contributed by atoms with Gasteiger partial charge in [-0.3, -0.25) is 19.2 Å². The molecule has 0 spiro atoms. The number of fused-ring (bicyclic) bond motifs is 1. The van der Waals surface area contributed by atoms with Crippen molar-refractivity contribution in [2.24, 2.45) is 34.3 Å². The van der Waals surface area contributed by atoms with Crippen LogP contribution in [0, 0.1) is 28.6 Å². The molecule has 5 rings (SSSR count). The largest absolute Gasteiger partial charge is 0.468 e. The van der Waals surface area contributed by atoms with Gasteiger partial charge >= 0.3 is 6.03 Å². The summed E-state index contributed by atoms with van der Waals surface area (Å²) in [7, 11) is 0. The Bertz CT molecular complexity index is 1310. The van der Waals surface area contributed by atoms with Crippen molar-refractivity contribution >= 4 is 41.3 Å². The van der Waals surface area contributed by atoms with Crippen molar-refractivity contribution in [2.75, 3.05) is 12.3 Å². The number of carbonyl (C=O) groups is 5. The van der Waals surface area contributed by atoms with Crippen molar-refractivity contribution in [3.8, 4) is 0 Å². The number of piperidine rings is 1. The zero-order valence-corrected chi connectivity index (χ0v) is 28.7. The smallest absolute Gasteiger partial charge is 0.315 e. The van der Waals surface area contributed by atoms with Crippen molar-refractivity contribution in [3.05, 3.63) is 24.2 Å². The van der Waals surface area contributed by atoms with Gasteiger partial charge in [-0.25, -0.2) is 4.79 Å². The topological polar surface area (TPSA) is 164 Å². The van der Waals surface area contributed by atoms with Gasteiger partial charge in [-0.15, -0.1) is 0 Å². The van der Waals surface area contributed by atoms with Crippen LogP contribution in [-0.4, -0.2) is 70.4 Å². The summed E-state index contributed by atoms with van der Waals surface area (Å²) >= 11 is 1.72. The number of ketones is 1. The van der Waals surface area contributed by atoms with E-state index in [1.54, 1.807) is 22.9 Å². The maximum absolute atomic E-state index is 14.4. The van der Waals surface area contributed by atoms with Crippen LogP contribution in [0.4, 0.5) is 4.79 Å². The number of nitrogens with two attached hydrogens (primary N) is 1. The van der Waals surface area contributed by atoms with E-state index in [1.807, 2.05) is 32.9 Å². The molecular formula is C34H51N5O6S. The fourth-order valence-electron chi connectivity index (χ4n) is 7.66. The number of carbonyl (C=O) groups excluding carboxylic acids is 5. The average molecular weight is 658 g/mol. The van der Waals surface area contributed by atoms with Crippen LogP contribution in [0.5, 0.6) is 0 Å². The Balaban J connectivity index is 1.29. The van der Waals surface area contributed by atoms with Crippen molar-refractivity contribution in [2.45, 2.75) is 115 Å². The van der Waals surface area contributed by atoms with Crippen LogP contribution in [0.15, 0.2) is 22.8 Å². The maximum Gasteiger partial charge on any atom is 0.315 e.